The molecule has 0 radical (unpaired) electrons. The van der Waals surface area contributed by atoms with E-state index in [-0.39, 0.29) is 0 Å². The summed E-state index contributed by atoms with van der Waals surface area (Å²) in [4.78, 5) is 17.8. The van der Waals surface area contributed by atoms with Crippen molar-refractivity contribution in [2.75, 3.05) is 0 Å². The van der Waals surface area contributed by atoms with E-state index in [9.17, 15) is 9.90 Å². The highest BCUT2D eigenvalue weighted by atomic mass is 35.5. The highest BCUT2D eigenvalue weighted by molar-refractivity contribution is 7.99. The first-order chi connectivity index (χ1) is 15.8. The number of carboxylic acids is 1. The maximum absolute atomic E-state index is 11.4. The minimum atomic E-state index is -1.54. The summed E-state index contributed by atoms with van der Waals surface area (Å²) in [5.74, 6) is -0.332. The molecular formula is C25H21ClN2O3S2. The van der Waals surface area contributed by atoms with Gasteiger partial charge in [0.05, 0.1) is 10.7 Å². The van der Waals surface area contributed by atoms with E-state index in [2.05, 4.69) is 4.98 Å². The van der Waals surface area contributed by atoms with E-state index in [0.717, 1.165) is 26.7 Å². The molecule has 1 atom stereocenters. The Balaban J connectivity index is 1.47. The molecule has 0 aliphatic rings. The Labute approximate surface area is 205 Å². The Morgan fingerprint density at radius 2 is 1.88 bits per heavy atom. The first kappa shape index (κ1) is 23.3. The van der Waals surface area contributed by atoms with E-state index in [4.69, 9.17) is 22.1 Å². The molecule has 0 bridgehead atoms. The number of thiazole rings is 1. The van der Waals surface area contributed by atoms with Gasteiger partial charge < -0.3 is 15.6 Å². The number of halogens is 1. The zero-order valence-corrected chi connectivity index (χ0v) is 20.1. The second-order valence-electron chi connectivity index (χ2n) is 7.54. The lowest BCUT2D eigenvalue weighted by Gasteiger charge is -2.15. The first-order valence-electron chi connectivity index (χ1n) is 10.1. The number of aliphatic carboxylic acids is 1. The summed E-state index contributed by atoms with van der Waals surface area (Å²) in [6.45, 7) is 1.94. The van der Waals surface area contributed by atoms with Crippen LogP contribution in [0.1, 0.15) is 17.5 Å². The van der Waals surface area contributed by atoms with E-state index < -0.39 is 11.5 Å². The van der Waals surface area contributed by atoms with Crippen LogP contribution >= 0.6 is 34.7 Å². The van der Waals surface area contributed by atoms with Crippen molar-refractivity contribution >= 4 is 40.7 Å². The quantitative estimate of drug-likeness (QED) is 0.291. The van der Waals surface area contributed by atoms with Crippen molar-refractivity contribution in [1.82, 2.24) is 4.98 Å². The van der Waals surface area contributed by atoms with Gasteiger partial charge in [0.25, 0.3) is 0 Å². The highest BCUT2D eigenvalue weighted by Gasteiger charge is 2.33. The lowest BCUT2D eigenvalue weighted by atomic mass is 10.1. The van der Waals surface area contributed by atoms with Gasteiger partial charge in [-0.05, 0) is 42.8 Å². The number of hydrogen-bond donors (Lipinski definition) is 2. The van der Waals surface area contributed by atoms with Crippen LogP contribution < -0.4 is 10.5 Å². The summed E-state index contributed by atoms with van der Waals surface area (Å²) in [6.07, 6.45) is 0. The Bertz CT molecular complexity index is 1280. The predicted molar refractivity (Wildman–Crippen MR) is 133 cm³/mol. The van der Waals surface area contributed by atoms with Gasteiger partial charge in [-0.3, -0.25) is 0 Å². The fourth-order valence-corrected chi connectivity index (χ4v) is 5.13. The molecule has 4 rings (SSSR count). The molecule has 3 aromatic carbocycles. The Kier molecular flexibility index (Phi) is 7.05. The normalized spacial score (nSPS) is 12.8. The van der Waals surface area contributed by atoms with Crippen molar-refractivity contribution in [2.24, 2.45) is 5.73 Å². The average molecular weight is 497 g/mol. The molecule has 0 saturated carbocycles. The van der Waals surface area contributed by atoms with Crippen LogP contribution in [0.5, 0.6) is 5.75 Å². The molecule has 3 N–H and O–H groups in total. The van der Waals surface area contributed by atoms with Crippen molar-refractivity contribution in [2.45, 2.75) is 28.9 Å². The number of ether oxygens (including phenoxy) is 1. The Morgan fingerprint density at radius 3 is 2.61 bits per heavy atom. The van der Waals surface area contributed by atoms with Crippen molar-refractivity contribution in [3.05, 3.63) is 93.8 Å². The number of carbonyl (C=O) groups is 1. The van der Waals surface area contributed by atoms with Gasteiger partial charge in [0.1, 0.15) is 17.4 Å². The third-order valence-electron chi connectivity index (χ3n) is 4.90. The predicted octanol–water partition coefficient (Wildman–Crippen LogP) is 6.45. The molecule has 0 spiro atoms. The molecule has 33 heavy (non-hydrogen) atoms. The van der Waals surface area contributed by atoms with Crippen LogP contribution in [0.25, 0.3) is 11.3 Å². The second kappa shape index (κ2) is 9.97. The van der Waals surface area contributed by atoms with Crippen LogP contribution in [0.2, 0.25) is 5.02 Å². The molecule has 0 aliphatic heterocycles. The molecule has 0 amide bonds. The standard InChI is InChI=1S/C25H21ClN2O3S2/c1-25(27,24(29)30)23-28-22(15-32-23)20-11-10-19(13-21(20)26)33-18-9-5-8-17(12-18)31-14-16-6-3-2-4-7-16/h2-13,15H,14,27H2,1H3,(H,29,30)/t25-/m1/s1. The summed E-state index contributed by atoms with van der Waals surface area (Å²) in [6, 6.07) is 23.6. The third-order valence-corrected chi connectivity index (χ3v) is 7.27. The van der Waals surface area contributed by atoms with Gasteiger partial charge in [0.2, 0.25) is 0 Å². The Hall–Kier alpha value is -2.84. The first-order valence-corrected chi connectivity index (χ1v) is 12.1. The highest BCUT2D eigenvalue weighted by Crippen LogP contribution is 2.37. The lowest BCUT2D eigenvalue weighted by Crippen LogP contribution is -2.41. The minimum absolute atomic E-state index is 0.326. The number of rotatable bonds is 8. The molecular weight excluding hydrogens is 476 g/mol. The van der Waals surface area contributed by atoms with Crippen molar-refractivity contribution in [3.63, 3.8) is 0 Å². The smallest absolute Gasteiger partial charge is 0.330 e. The summed E-state index contributed by atoms with van der Waals surface area (Å²) in [5, 5.41) is 11.9. The molecule has 0 aliphatic carbocycles. The number of nitrogens with zero attached hydrogens (tertiary/aromatic N) is 1. The topological polar surface area (TPSA) is 85.4 Å². The summed E-state index contributed by atoms with van der Waals surface area (Å²) in [5.41, 5.74) is 6.79. The summed E-state index contributed by atoms with van der Waals surface area (Å²) in [7, 11) is 0. The van der Waals surface area contributed by atoms with Gasteiger partial charge in [0.15, 0.2) is 5.54 Å². The molecule has 8 heteroatoms. The van der Waals surface area contributed by atoms with E-state index in [0.29, 0.717) is 22.3 Å². The molecule has 0 saturated heterocycles. The molecule has 168 valence electrons. The number of carboxylic acid groups (broad SMARTS) is 1. The number of nitrogens with two attached hydrogens (primary N) is 1. The fourth-order valence-electron chi connectivity index (χ4n) is 3.00. The zero-order valence-electron chi connectivity index (χ0n) is 17.7. The third kappa shape index (κ3) is 5.57. The molecule has 0 fully saturated rings. The average Bonchev–Trinajstić information content (AvgIpc) is 3.29. The largest absolute Gasteiger partial charge is 0.489 e. The Morgan fingerprint density at radius 1 is 1.12 bits per heavy atom. The maximum Gasteiger partial charge on any atom is 0.330 e. The van der Waals surface area contributed by atoms with Crippen LogP contribution in [0.4, 0.5) is 0 Å². The van der Waals surface area contributed by atoms with Crippen LogP contribution in [-0.4, -0.2) is 16.1 Å². The van der Waals surface area contributed by atoms with E-state index >= 15 is 0 Å². The number of hydrogen-bond acceptors (Lipinski definition) is 6. The van der Waals surface area contributed by atoms with Crippen LogP contribution in [-0.2, 0) is 16.9 Å². The van der Waals surface area contributed by atoms with Gasteiger partial charge in [-0.2, -0.15) is 0 Å². The van der Waals surface area contributed by atoms with Gasteiger partial charge in [-0.25, -0.2) is 9.78 Å². The molecule has 1 heterocycles. The number of aromatic nitrogens is 1. The van der Waals surface area contributed by atoms with E-state index in [1.807, 2.05) is 72.8 Å². The molecule has 5 nitrogen and oxygen atoms in total. The van der Waals surface area contributed by atoms with Crippen molar-refractivity contribution in [3.8, 4) is 17.0 Å². The monoisotopic (exact) mass is 496 g/mol. The van der Waals surface area contributed by atoms with E-state index in [1.165, 1.54) is 18.3 Å². The minimum Gasteiger partial charge on any atom is -0.489 e. The zero-order chi connectivity index (χ0) is 23.4. The number of benzene rings is 3. The van der Waals surface area contributed by atoms with Crippen molar-refractivity contribution in [1.29, 1.82) is 0 Å². The van der Waals surface area contributed by atoms with Gasteiger partial charge in [-0.15, -0.1) is 11.3 Å². The molecule has 4 aromatic rings. The van der Waals surface area contributed by atoms with Gasteiger partial charge in [0, 0.05) is 20.7 Å². The maximum atomic E-state index is 11.4. The summed E-state index contributed by atoms with van der Waals surface area (Å²) < 4.78 is 5.92. The fraction of sp³-hybridized carbons (Fsp3) is 0.120. The van der Waals surface area contributed by atoms with E-state index in [1.54, 1.807) is 17.1 Å². The second-order valence-corrected chi connectivity index (χ2v) is 9.95. The SMILES string of the molecule is C[C@](N)(C(=O)O)c1nc(-c2ccc(Sc3cccc(OCc4ccccc4)c3)cc2Cl)cs1. The van der Waals surface area contributed by atoms with Crippen LogP contribution in [0, 0.1) is 0 Å². The molecule has 0 unspecified atom stereocenters. The lowest BCUT2D eigenvalue weighted by molar-refractivity contribution is -0.143. The van der Waals surface area contributed by atoms with Crippen LogP contribution in [0.15, 0.2) is 88.0 Å². The summed E-state index contributed by atoms with van der Waals surface area (Å²) >= 11 is 9.32. The van der Waals surface area contributed by atoms with Gasteiger partial charge in [-0.1, -0.05) is 65.8 Å². The van der Waals surface area contributed by atoms with Crippen molar-refractivity contribution < 1.29 is 14.6 Å². The molecule has 1 aromatic heterocycles. The van der Waals surface area contributed by atoms with Gasteiger partial charge >= 0.3 is 5.97 Å². The van der Waals surface area contributed by atoms with Crippen LogP contribution in [0.3, 0.4) is 0 Å².